The number of halogens is 1. The molecular weight excluding hydrogens is 380 g/mol. The highest BCUT2D eigenvalue weighted by Crippen LogP contribution is 2.31. The Balaban J connectivity index is 1.56. The second-order valence-electron chi connectivity index (χ2n) is 5.98. The van der Waals surface area contributed by atoms with E-state index in [1.165, 1.54) is 11.8 Å². The Morgan fingerprint density at radius 2 is 1.96 bits per heavy atom. The summed E-state index contributed by atoms with van der Waals surface area (Å²) in [7, 11) is 0. The number of amidine groups is 1. The number of aliphatic imine (C=N–C) groups is 1. The monoisotopic (exact) mass is 394 g/mol. The molecule has 1 fully saturated rings. The van der Waals surface area contributed by atoms with Crippen molar-refractivity contribution in [3.8, 4) is 11.3 Å². The maximum absolute atomic E-state index is 12.2. The lowest BCUT2D eigenvalue weighted by atomic mass is 10.2. The summed E-state index contributed by atoms with van der Waals surface area (Å²) in [6, 6.07) is 18.9. The van der Waals surface area contributed by atoms with Crippen LogP contribution in [0.25, 0.3) is 17.4 Å². The molecular formula is C21H15ClN2O2S. The number of amides is 1. The first-order chi connectivity index (χ1) is 13.1. The molecule has 2 heterocycles. The molecule has 4 rings (SSSR count). The molecule has 1 aromatic heterocycles. The SMILES string of the molecule is Cc1ccccc1N=C1NC(=O)C(=Cc2ccc(-c3cccc(Cl)c3)o2)S1. The van der Waals surface area contributed by atoms with E-state index in [0.717, 1.165) is 16.8 Å². The van der Waals surface area contributed by atoms with Crippen LogP contribution >= 0.6 is 23.4 Å². The van der Waals surface area contributed by atoms with Crippen LogP contribution in [0.15, 0.2) is 75.0 Å². The van der Waals surface area contributed by atoms with Crippen LogP contribution in [0, 0.1) is 6.92 Å². The van der Waals surface area contributed by atoms with E-state index >= 15 is 0 Å². The van der Waals surface area contributed by atoms with Gasteiger partial charge < -0.3 is 9.73 Å². The molecule has 0 unspecified atom stereocenters. The first-order valence-corrected chi connectivity index (χ1v) is 9.49. The summed E-state index contributed by atoms with van der Waals surface area (Å²) in [5.41, 5.74) is 2.77. The normalized spacial score (nSPS) is 16.9. The number of rotatable bonds is 3. The second kappa shape index (κ2) is 7.47. The van der Waals surface area contributed by atoms with Crippen molar-refractivity contribution >= 4 is 46.2 Å². The third-order valence-electron chi connectivity index (χ3n) is 4.00. The quantitative estimate of drug-likeness (QED) is 0.571. The lowest BCUT2D eigenvalue weighted by molar-refractivity contribution is -0.115. The molecule has 0 bridgehead atoms. The van der Waals surface area contributed by atoms with E-state index in [1.807, 2.05) is 67.6 Å². The highest BCUT2D eigenvalue weighted by molar-refractivity contribution is 8.18. The lowest BCUT2D eigenvalue weighted by Gasteiger charge is -1.99. The van der Waals surface area contributed by atoms with Crippen molar-refractivity contribution in [2.45, 2.75) is 6.92 Å². The van der Waals surface area contributed by atoms with Crippen molar-refractivity contribution in [1.29, 1.82) is 0 Å². The van der Waals surface area contributed by atoms with E-state index in [1.54, 1.807) is 6.08 Å². The number of furan rings is 1. The van der Waals surface area contributed by atoms with E-state index in [0.29, 0.717) is 26.6 Å². The molecule has 2 aromatic carbocycles. The number of thioether (sulfide) groups is 1. The molecule has 27 heavy (non-hydrogen) atoms. The second-order valence-corrected chi connectivity index (χ2v) is 7.45. The molecule has 134 valence electrons. The van der Waals surface area contributed by atoms with Gasteiger partial charge in [-0.1, -0.05) is 41.9 Å². The molecule has 0 saturated carbocycles. The van der Waals surface area contributed by atoms with Gasteiger partial charge in [0.05, 0.1) is 10.6 Å². The Hall–Kier alpha value is -2.76. The molecule has 1 aliphatic rings. The van der Waals surface area contributed by atoms with Gasteiger partial charge in [-0.2, -0.15) is 0 Å². The molecule has 0 aliphatic carbocycles. The number of benzene rings is 2. The molecule has 4 nitrogen and oxygen atoms in total. The Morgan fingerprint density at radius 3 is 2.78 bits per heavy atom. The minimum absolute atomic E-state index is 0.187. The van der Waals surface area contributed by atoms with Crippen LogP contribution in [-0.4, -0.2) is 11.1 Å². The van der Waals surface area contributed by atoms with Gasteiger partial charge in [-0.05, 0) is 54.6 Å². The van der Waals surface area contributed by atoms with Gasteiger partial charge in [-0.25, -0.2) is 4.99 Å². The summed E-state index contributed by atoms with van der Waals surface area (Å²) in [6.07, 6.45) is 1.72. The van der Waals surface area contributed by atoms with Crippen LogP contribution in [0.2, 0.25) is 5.02 Å². The average molecular weight is 395 g/mol. The Bertz CT molecular complexity index is 1090. The van der Waals surface area contributed by atoms with Gasteiger partial charge in [-0.3, -0.25) is 4.79 Å². The first kappa shape index (κ1) is 17.6. The predicted octanol–water partition coefficient (Wildman–Crippen LogP) is 5.80. The van der Waals surface area contributed by atoms with Gasteiger partial charge in [0.1, 0.15) is 11.5 Å². The Morgan fingerprint density at radius 1 is 1.11 bits per heavy atom. The Labute approximate surface area is 166 Å². The summed E-state index contributed by atoms with van der Waals surface area (Å²) in [4.78, 5) is 17.3. The summed E-state index contributed by atoms with van der Waals surface area (Å²) < 4.78 is 5.84. The zero-order chi connectivity index (χ0) is 18.8. The van der Waals surface area contributed by atoms with Crippen LogP contribution in [-0.2, 0) is 4.79 Å². The van der Waals surface area contributed by atoms with Crippen molar-refractivity contribution in [2.75, 3.05) is 0 Å². The molecule has 1 saturated heterocycles. The standard InChI is InChI=1S/C21H15ClN2O2S/c1-13-5-2-3-8-17(13)23-21-24-20(25)19(27-21)12-16-9-10-18(26-16)14-6-4-7-15(22)11-14/h2-12H,1H3,(H,23,24,25). The van der Waals surface area contributed by atoms with Crippen LogP contribution in [0.4, 0.5) is 5.69 Å². The van der Waals surface area contributed by atoms with E-state index in [2.05, 4.69) is 10.3 Å². The molecule has 0 spiro atoms. The van der Waals surface area contributed by atoms with Crippen molar-refractivity contribution in [2.24, 2.45) is 4.99 Å². The van der Waals surface area contributed by atoms with Crippen LogP contribution < -0.4 is 5.32 Å². The maximum Gasteiger partial charge on any atom is 0.264 e. The van der Waals surface area contributed by atoms with Gasteiger partial charge in [0, 0.05) is 16.7 Å². The molecule has 1 N–H and O–H groups in total. The number of hydrogen-bond acceptors (Lipinski definition) is 4. The summed E-state index contributed by atoms with van der Waals surface area (Å²) in [5, 5.41) is 4.00. The minimum Gasteiger partial charge on any atom is -0.457 e. The van der Waals surface area contributed by atoms with Gasteiger partial charge in [0.2, 0.25) is 0 Å². The number of carbonyl (C=O) groups excluding carboxylic acids is 1. The van der Waals surface area contributed by atoms with Gasteiger partial charge in [0.15, 0.2) is 5.17 Å². The summed E-state index contributed by atoms with van der Waals surface area (Å²) in [5.74, 6) is 1.11. The fourth-order valence-electron chi connectivity index (χ4n) is 2.64. The zero-order valence-corrected chi connectivity index (χ0v) is 16.0. The smallest absolute Gasteiger partial charge is 0.264 e. The van der Waals surface area contributed by atoms with E-state index in [4.69, 9.17) is 16.0 Å². The van der Waals surface area contributed by atoms with E-state index in [-0.39, 0.29) is 5.91 Å². The number of hydrogen-bond donors (Lipinski definition) is 1. The van der Waals surface area contributed by atoms with Crippen molar-refractivity contribution in [3.05, 3.63) is 81.9 Å². The van der Waals surface area contributed by atoms with E-state index in [9.17, 15) is 4.79 Å². The van der Waals surface area contributed by atoms with Gasteiger partial charge in [0.25, 0.3) is 5.91 Å². The van der Waals surface area contributed by atoms with Crippen LogP contribution in [0.3, 0.4) is 0 Å². The topological polar surface area (TPSA) is 54.6 Å². The van der Waals surface area contributed by atoms with Crippen molar-refractivity contribution in [3.63, 3.8) is 0 Å². The largest absolute Gasteiger partial charge is 0.457 e. The molecule has 6 heteroatoms. The first-order valence-electron chi connectivity index (χ1n) is 8.29. The van der Waals surface area contributed by atoms with Gasteiger partial charge >= 0.3 is 0 Å². The third-order valence-corrected chi connectivity index (χ3v) is 5.14. The lowest BCUT2D eigenvalue weighted by Crippen LogP contribution is -2.19. The number of nitrogens with one attached hydrogen (secondary N) is 1. The third kappa shape index (κ3) is 3.99. The molecule has 3 aromatic rings. The zero-order valence-electron chi connectivity index (χ0n) is 14.4. The van der Waals surface area contributed by atoms with E-state index < -0.39 is 0 Å². The van der Waals surface area contributed by atoms with Crippen molar-refractivity contribution in [1.82, 2.24) is 5.32 Å². The van der Waals surface area contributed by atoms with Gasteiger partial charge in [-0.15, -0.1) is 0 Å². The molecule has 0 atom stereocenters. The number of para-hydroxylation sites is 1. The minimum atomic E-state index is -0.187. The summed E-state index contributed by atoms with van der Waals surface area (Å²) in [6.45, 7) is 1.98. The molecule has 0 radical (unpaired) electrons. The van der Waals surface area contributed by atoms with Crippen molar-refractivity contribution < 1.29 is 9.21 Å². The number of carbonyl (C=O) groups is 1. The fraction of sp³-hybridized carbons (Fsp3) is 0.0476. The number of nitrogens with zero attached hydrogens (tertiary/aromatic N) is 1. The molecule has 1 aliphatic heterocycles. The Kier molecular flexibility index (Phi) is 4.88. The fourth-order valence-corrected chi connectivity index (χ4v) is 3.64. The maximum atomic E-state index is 12.2. The highest BCUT2D eigenvalue weighted by Gasteiger charge is 2.24. The highest BCUT2D eigenvalue weighted by atomic mass is 35.5. The molecule has 1 amide bonds. The van der Waals surface area contributed by atoms with Crippen LogP contribution in [0.1, 0.15) is 11.3 Å². The number of aryl methyl sites for hydroxylation is 1. The predicted molar refractivity (Wildman–Crippen MR) is 111 cm³/mol. The van der Waals surface area contributed by atoms with Crippen LogP contribution in [0.5, 0.6) is 0 Å². The summed E-state index contributed by atoms with van der Waals surface area (Å²) >= 11 is 7.32. The average Bonchev–Trinajstić information content (AvgIpc) is 3.24.